The van der Waals surface area contributed by atoms with E-state index in [1.807, 2.05) is 34.9 Å². The first-order chi connectivity index (χ1) is 12.4. The normalized spacial score (nSPS) is 28.9. The van der Waals surface area contributed by atoms with Gasteiger partial charge in [0.2, 0.25) is 0 Å². The number of hydrogen-bond acceptors (Lipinski definition) is 3. The molecule has 0 radical (unpaired) electrons. The summed E-state index contributed by atoms with van der Waals surface area (Å²) in [4.78, 5) is 12.5. The van der Waals surface area contributed by atoms with Gasteiger partial charge in [0.05, 0.1) is 6.54 Å². The summed E-state index contributed by atoms with van der Waals surface area (Å²) in [5.41, 5.74) is 1.45. The molecule has 0 spiro atoms. The number of amides is 2. The van der Waals surface area contributed by atoms with Crippen LogP contribution in [0.3, 0.4) is 0 Å². The summed E-state index contributed by atoms with van der Waals surface area (Å²) in [7, 11) is 0. The quantitative estimate of drug-likeness (QED) is 0.886. The van der Waals surface area contributed by atoms with Crippen LogP contribution in [0.15, 0.2) is 36.7 Å². The van der Waals surface area contributed by atoms with Crippen LogP contribution in [0.4, 0.5) is 4.79 Å². The second-order valence-corrected chi connectivity index (χ2v) is 8.44. The van der Waals surface area contributed by atoms with Crippen LogP contribution in [0.2, 0.25) is 0 Å². The number of benzene rings is 1. The predicted octanol–water partition coefficient (Wildman–Crippen LogP) is 3.28. The van der Waals surface area contributed by atoms with Crippen molar-refractivity contribution in [3.8, 4) is 5.69 Å². The number of urea groups is 1. The lowest BCUT2D eigenvalue weighted by Crippen LogP contribution is -2.50. The second kappa shape index (κ2) is 6.11. The van der Waals surface area contributed by atoms with Crippen LogP contribution in [0.25, 0.3) is 5.69 Å². The Labute approximate surface area is 154 Å². The molecule has 3 atom stereocenters. The van der Waals surface area contributed by atoms with Crippen molar-refractivity contribution in [3.05, 3.63) is 42.5 Å². The van der Waals surface area contributed by atoms with Gasteiger partial charge in [0.1, 0.15) is 6.33 Å². The minimum Gasteiger partial charge on any atom is -0.335 e. The number of carbonyl (C=O) groups excluding carboxylic acids is 1. The summed E-state index contributed by atoms with van der Waals surface area (Å²) < 4.78 is 1.89. The summed E-state index contributed by atoms with van der Waals surface area (Å²) in [5.74, 6) is 1.42. The first kappa shape index (κ1) is 17.1. The number of fused-ring (bicyclic) bond motifs is 2. The fourth-order valence-electron chi connectivity index (χ4n) is 4.97. The average molecular weight is 353 g/mol. The van der Waals surface area contributed by atoms with Gasteiger partial charge >= 0.3 is 6.03 Å². The van der Waals surface area contributed by atoms with Crippen molar-refractivity contribution in [3.63, 3.8) is 0 Å². The molecule has 4 rings (SSSR count). The largest absolute Gasteiger partial charge is 0.335 e. The van der Waals surface area contributed by atoms with Gasteiger partial charge in [-0.15, -0.1) is 10.2 Å². The second-order valence-electron chi connectivity index (χ2n) is 8.44. The highest BCUT2D eigenvalue weighted by Crippen LogP contribution is 2.65. The Kier molecular flexibility index (Phi) is 4.01. The van der Waals surface area contributed by atoms with Crippen molar-refractivity contribution in [1.29, 1.82) is 0 Å². The Morgan fingerprint density at radius 3 is 2.69 bits per heavy atom. The van der Waals surface area contributed by atoms with Crippen LogP contribution >= 0.6 is 0 Å². The molecule has 1 aromatic carbocycles. The van der Waals surface area contributed by atoms with Crippen LogP contribution in [-0.4, -0.2) is 26.8 Å². The molecule has 2 saturated carbocycles. The van der Waals surface area contributed by atoms with E-state index in [-0.39, 0.29) is 17.5 Å². The van der Waals surface area contributed by atoms with Gasteiger partial charge in [-0.3, -0.25) is 4.57 Å². The lowest BCUT2D eigenvalue weighted by molar-refractivity contribution is 0.123. The number of nitrogens with zero attached hydrogens (tertiary/aromatic N) is 3. The molecule has 6 heteroatoms. The fraction of sp³-hybridized carbons (Fsp3) is 0.550. The lowest BCUT2D eigenvalue weighted by atomic mass is 9.69. The van der Waals surface area contributed by atoms with E-state index in [1.54, 1.807) is 6.33 Å². The maximum absolute atomic E-state index is 12.5. The fourth-order valence-corrected chi connectivity index (χ4v) is 4.97. The summed E-state index contributed by atoms with van der Waals surface area (Å²) in [6.45, 7) is 7.38. The minimum atomic E-state index is -0.123. The van der Waals surface area contributed by atoms with Gasteiger partial charge < -0.3 is 10.6 Å². The molecular weight excluding hydrogens is 326 g/mol. The van der Waals surface area contributed by atoms with Crippen molar-refractivity contribution in [2.45, 2.75) is 52.6 Å². The predicted molar refractivity (Wildman–Crippen MR) is 99.7 cm³/mol. The zero-order valence-electron chi connectivity index (χ0n) is 15.7. The van der Waals surface area contributed by atoms with Gasteiger partial charge in [0.25, 0.3) is 0 Å². The summed E-state index contributed by atoms with van der Waals surface area (Å²) in [5, 5.41) is 14.3. The van der Waals surface area contributed by atoms with Gasteiger partial charge in [0.15, 0.2) is 5.82 Å². The van der Waals surface area contributed by atoms with E-state index in [4.69, 9.17) is 0 Å². The molecule has 3 unspecified atom stereocenters. The molecule has 2 aromatic rings. The van der Waals surface area contributed by atoms with E-state index in [1.165, 1.54) is 12.8 Å². The molecule has 1 heterocycles. The number of rotatable bonds is 4. The summed E-state index contributed by atoms with van der Waals surface area (Å²) in [6, 6.07) is 10.0. The van der Waals surface area contributed by atoms with Crippen molar-refractivity contribution >= 4 is 6.03 Å². The van der Waals surface area contributed by atoms with Crippen LogP contribution in [-0.2, 0) is 6.54 Å². The third-order valence-corrected chi connectivity index (χ3v) is 7.16. The van der Waals surface area contributed by atoms with E-state index in [0.717, 1.165) is 12.1 Å². The maximum atomic E-state index is 12.5. The molecule has 6 nitrogen and oxygen atoms in total. The zero-order valence-corrected chi connectivity index (χ0v) is 15.7. The van der Waals surface area contributed by atoms with Crippen molar-refractivity contribution < 1.29 is 4.79 Å². The Hall–Kier alpha value is -2.37. The molecule has 1 aromatic heterocycles. The third kappa shape index (κ3) is 2.59. The van der Waals surface area contributed by atoms with Gasteiger partial charge in [-0.25, -0.2) is 4.79 Å². The van der Waals surface area contributed by atoms with Gasteiger partial charge in [0, 0.05) is 11.7 Å². The monoisotopic (exact) mass is 353 g/mol. The van der Waals surface area contributed by atoms with Crippen molar-refractivity contribution in [1.82, 2.24) is 25.4 Å². The average Bonchev–Trinajstić information content (AvgIpc) is 3.23. The Morgan fingerprint density at radius 2 is 2.04 bits per heavy atom. The number of carbonyl (C=O) groups is 1. The number of para-hydroxylation sites is 1. The Bertz CT molecular complexity index is 800. The van der Waals surface area contributed by atoms with E-state index in [2.05, 4.69) is 41.6 Å². The van der Waals surface area contributed by atoms with Crippen molar-refractivity contribution in [2.75, 3.05) is 0 Å². The number of aromatic nitrogens is 3. The molecule has 0 saturated heterocycles. The van der Waals surface area contributed by atoms with E-state index >= 15 is 0 Å². The van der Waals surface area contributed by atoms with Gasteiger partial charge in [-0.1, -0.05) is 39.0 Å². The topological polar surface area (TPSA) is 71.8 Å². The molecule has 2 bridgehead atoms. The van der Waals surface area contributed by atoms with Crippen LogP contribution in [0, 0.1) is 16.7 Å². The number of nitrogens with one attached hydrogen (secondary N) is 2. The first-order valence-corrected chi connectivity index (χ1v) is 9.40. The highest BCUT2D eigenvalue weighted by atomic mass is 16.2. The Balaban J connectivity index is 1.38. The molecule has 2 fully saturated rings. The summed E-state index contributed by atoms with van der Waals surface area (Å²) in [6.07, 6.45) is 5.22. The first-order valence-electron chi connectivity index (χ1n) is 9.40. The molecule has 0 aliphatic heterocycles. The molecule has 2 aliphatic rings. The zero-order chi connectivity index (χ0) is 18.4. The van der Waals surface area contributed by atoms with Crippen LogP contribution < -0.4 is 10.6 Å². The van der Waals surface area contributed by atoms with Gasteiger partial charge in [-0.05, 0) is 48.1 Å². The minimum absolute atomic E-state index is 0.123. The molecule has 138 valence electrons. The van der Waals surface area contributed by atoms with Crippen LogP contribution in [0.1, 0.15) is 45.9 Å². The van der Waals surface area contributed by atoms with Crippen molar-refractivity contribution in [2.24, 2.45) is 16.7 Å². The maximum Gasteiger partial charge on any atom is 0.315 e. The van der Waals surface area contributed by atoms with Crippen LogP contribution in [0.5, 0.6) is 0 Å². The molecule has 2 aliphatic carbocycles. The van der Waals surface area contributed by atoms with E-state index in [0.29, 0.717) is 23.7 Å². The molecule has 2 amide bonds. The molecule has 2 N–H and O–H groups in total. The Morgan fingerprint density at radius 1 is 1.27 bits per heavy atom. The van der Waals surface area contributed by atoms with E-state index < -0.39 is 0 Å². The standard InChI is InChI=1S/C20H27N5O/c1-19(2)14-9-10-20(19,3)16(11-14)23-18(26)21-12-17-24-22-13-25(17)15-7-5-4-6-8-15/h4-8,13-14,16H,9-12H2,1-3H3,(H2,21,23,26). The molecular formula is C20H27N5O. The molecule has 26 heavy (non-hydrogen) atoms. The number of hydrogen-bond donors (Lipinski definition) is 2. The highest BCUT2D eigenvalue weighted by molar-refractivity contribution is 5.74. The third-order valence-electron chi connectivity index (χ3n) is 7.16. The van der Waals surface area contributed by atoms with Gasteiger partial charge in [-0.2, -0.15) is 0 Å². The van der Waals surface area contributed by atoms with E-state index in [9.17, 15) is 4.79 Å². The smallest absolute Gasteiger partial charge is 0.315 e. The SMILES string of the molecule is CC1(C)C2CCC1(C)C(NC(=O)NCc1nncn1-c1ccccc1)C2. The highest BCUT2D eigenvalue weighted by Gasteiger charge is 2.61. The lowest BCUT2D eigenvalue weighted by Gasteiger charge is -2.39. The summed E-state index contributed by atoms with van der Waals surface area (Å²) >= 11 is 0.